The van der Waals surface area contributed by atoms with Gasteiger partial charge in [-0.25, -0.2) is 4.98 Å². The van der Waals surface area contributed by atoms with Crippen LogP contribution in [0.3, 0.4) is 0 Å². The fourth-order valence-corrected chi connectivity index (χ4v) is 4.67. The van der Waals surface area contributed by atoms with E-state index in [4.69, 9.17) is 4.42 Å². The zero-order valence-electron chi connectivity index (χ0n) is 15.2. The molecule has 2 saturated heterocycles. The quantitative estimate of drug-likeness (QED) is 0.660. The van der Waals surface area contributed by atoms with Gasteiger partial charge in [-0.05, 0) is 18.9 Å². The predicted molar refractivity (Wildman–Crippen MR) is 98.3 cm³/mol. The number of carbonyl (C=O) groups is 1. The average Bonchev–Trinajstić information content (AvgIpc) is 3.40. The molecule has 3 aromatic rings. The summed E-state index contributed by atoms with van der Waals surface area (Å²) in [5.41, 5.74) is -0.911. The summed E-state index contributed by atoms with van der Waals surface area (Å²) in [6.07, 6.45) is -1.64. The highest BCUT2D eigenvalue weighted by Gasteiger charge is 2.37. The van der Waals surface area contributed by atoms with Crippen molar-refractivity contribution in [2.45, 2.75) is 31.3 Å². The Hall–Kier alpha value is -2.86. The summed E-state index contributed by atoms with van der Waals surface area (Å²) < 4.78 is 49.0. The zero-order chi connectivity index (χ0) is 21.0. The van der Waals surface area contributed by atoms with Crippen molar-refractivity contribution in [1.29, 1.82) is 0 Å². The largest absolute Gasteiger partial charge is 0.573 e. The maximum Gasteiger partial charge on any atom is 0.573 e. The number of fused-ring (bicyclic) bond motifs is 3. The van der Waals surface area contributed by atoms with Gasteiger partial charge >= 0.3 is 6.36 Å². The molecule has 2 aliphatic heterocycles. The molecule has 8 nitrogen and oxygen atoms in total. The van der Waals surface area contributed by atoms with Gasteiger partial charge in [0.2, 0.25) is 0 Å². The minimum Gasteiger partial charge on any atom is -0.545 e. The number of alkyl halides is 3. The van der Waals surface area contributed by atoms with E-state index in [1.54, 1.807) is 5.38 Å². The van der Waals surface area contributed by atoms with Crippen LogP contribution in [-0.4, -0.2) is 47.5 Å². The number of anilines is 1. The summed E-state index contributed by atoms with van der Waals surface area (Å²) in [5, 5.41) is 17.1. The van der Waals surface area contributed by atoms with Gasteiger partial charge < -0.3 is 29.3 Å². The average molecular weight is 439 g/mol. The second-order valence-corrected chi connectivity index (χ2v) is 8.08. The van der Waals surface area contributed by atoms with Crippen LogP contribution in [0, 0.1) is 0 Å². The molecule has 2 aliphatic rings. The van der Waals surface area contributed by atoms with Crippen molar-refractivity contribution in [2.75, 3.05) is 18.0 Å². The van der Waals surface area contributed by atoms with E-state index in [1.165, 1.54) is 17.5 Å². The molecule has 158 valence electrons. The number of carbonyl (C=O) groups excluding carboxylic acids is 1. The highest BCUT2D eigenvalue weighted by molar-refractivity contribution is 7.13. The minimum absolute atomic E-state index is 0.0184. The van der Waals surface area contributed by atoms with Crippen LogP contribution in [0.4, 0.5) is 19.2 Å². The first kappa shape index (κ1) is 19.1. The number of piperazine rings is 1. The number of hydrogen-bond donors (Lipinski definition) is 1. The molecule has 2 unspecified atom stereocenters. The number of nitrogens with one attached hydrogen (secondary N) is 1. The van der Waals surface area contributed by atoms with Crippen LogP contribution >= 0.6 is 11.3 Å². The predicted octanol–water partition coefficient (Wildman–Crippen LogP) is 2.15. The monoisotopic (exact) mass is 439 g/mol. The number of carboxylic acid groups (broad SMARTS) is 1. The number of hydrogen-bond acceptors (Lipinski definition) is 9. The van der Waals surface area contributed by atoms with E-state index in [1.807, 2.05) is 4.90 Å². The van der Waals surface area contributed by atoms with Crippen LogP contribution in [0.2, 0.25) is 0 Å². The van der Waals surface area contributed by atoms with Crippen molar-refractivity contribution < 1.29 is 32.2 Å². The molecule has 12 heteroatoms. The van der Waals surface area contributed by atoms with E-state index in [2.05, 4.69) is 20.0 Å². The third kappa shape index (κ3) is 3.35. The Balaban J connectivity index is 1.71. The maximum absolute atomic E-state index is 13.0. The number of nitrogens with zero attached hydrogens (tertiary/aromatic N) is 3. The lowest BCUT2D eigenvalue weighted by atomic mass is 10.1. The number of oxazole rings is 1. The number of benzene rings is 1. The Bertz CT molecular complexity index is 1100. The van der Waals surface area contributed by atoms with Crippen molar-refractivity contribution in [2.24, 2.45) is 0 Å². The van der Waals surface area contributed by atoms with Crippen LogP contribution < -0.4 is 20.1 Å². The normalized spacial score (nSPS) is 21.4. The van der Waals surface area contributed by atoms with Gasteiger partial charge in [-0.2, -0.15) is 4.98 Å². The molecule has 0 saturated carbocycles. The number of halogens is 3. The number of thiazole rings is 1. The first-order chi connectivity index (χ1) is 14.3. The molecule has 0 aliphatic carbocycles. The van der Waals surface area contributed by atoms with Gasteiger partial charge in [0, 0.05) is 42.3 Å². The lowest BCUT2D eigenvalue weighted by molar-refractivity contribution is -0.275. The third-order valence-electron chi connectivity index (χ3n) is 5.20. The number of rotatable bonds is 4. The number of ether oxygens (including phenoxy) is 1. The van der Waals surface area contributed by atoms with Crippen molar-refractivity contribution >= 4 is 34.4 Å². The third-order valence-corrected chi connectivity index (χ3v) is 6.00. The maximum atomic E-state index is 13.0. The van der Waals surface area contributed by atoms with Gasteiger partial charge in [-0.3, -0.25) is 0 Å². The van der Waals surface area contributed by atoms with E-state index in [-0.39, 0.29) is 34.8 Å². The van der Waals surface area contributed by atoms with Crippen molar-refractivity contribution in [3.8, 4) is 16.3 Å². The van der Waals surface area contributed by atoms with E-state index < -0.39 is 23.6 Å². The zero-order valence-corrected chi connectivity index (χ0v) is 16.0. The Labute approximate surface area is 171 Å². The highest BCUT2D eigenvalue weighted by Crippen LogP contribution is 2.42. The first-order valence-corrected chi connectivity index (χ1v) is 10.0. The van der Waals surface area contributed by atoms with Gasteiger partial charge in [-0.15, -0.1) is 24.5 Å². The van der Waals surface area contributed by atoms with E-state index in [9.17, 15) is 23.1 Å². The first-order valence-electron chi connectivity index (χ1n) is 9.14. The molecule has 2 bridgehead atoms. The molecule has 30 heavy (non-hydrogen) atoms. The fourth-order valence-electron chi connectivity index (χ4n) is 4.02. The summed E-state index contributed by atoms with van der Waals surface area (Å²) in [6.45, 7) is 1.16. The summed E-state index contributed by atoms with van der Waals surface area (Å²) in [5.74, 6) is -2.77. The molecule has 2 fully saturated rings. The fraction of sp³-hybridized carbons (Fsp3) is 0.389. The lowest BCUT2D eigenvalue weighted by Crippen LogP contribution is -2.51. The van der Waals surface area contributed by atoms with Gasteiger partial charge in [0.15, 0.2) is 16.8 Å². The molecule has 5 rings (SSSR count). The van der Waals surface area contributed by atoms with Crippen LogP contribution in [0.1, 0.15) is 23.2 Å². The standard InChI is InChI=1S/C18H15F3N4O4S/c19-18(20,21)29-14-11(16(26)27)5-10(15-22-3-4-30-15)13-12(14)24-17(28-13)25-6-8-1-2-9(7-25)23-8/h3-5,8-9,23H,1-2,6-7H2,(H,26,27)/p-1. The molecule has 2 atom stereocenters. The summed E-state index contributed by atoms with van der Waals surface area (Å²) in [4.78, 5) is 21.8. The molecule has 0 amide bonds. The molecule has 1 N–H and O–H groups in total. The van der Waals surface area contributed by atoms with Gasteiger partial charge in [-0.1, -0.05) is 0 Å². The summed E-state index contributed by atoms with van der Waals surface area (Å²) in [6, 6.07) is 1.61. The second kappa shape index (κ2) is 6.84. The molecule has 4 heterocycles. The summed E-state index contributed by atoms with van der Waals surface area (Å²) >= 11 is 1.19. The van der Waals surface area contributed by atoms with Crippen LogP contribution in [0.25, 0.3) is 21.7 Å². The molecule has 2 aromatic heterocycles. The van der Waals surface area contributed by atoms with Gasteiger partial charge in [0.1, 0.15) is 5.01 Å². The molecule has 0 radical (unpaired) electrons. The number of carboxylic acids is 1. The van der Waals surface area contributed by atoms with E-state index in [0.717, 1.165) is 18.9 Å². The molecular weight excluding hydrogens is 425 g/mol. The van der Waals surface area contributed by atoms with Crippen LogP contribution in [0.15, 0.2) is 22.1 Å². The Morgan fingerprint density at radius 3 is 2.67 bits per heavy atom. The highest BCUT2D eigenvalue weighted by atomic mass is 32.1. The topological polar surface area (TPSA) is 104 Å². The summed E-state index contributed by atoms with van der Waals surface area (Å²) in [7, 11) is 0. The number of aromatic nitrogens is 2. The van der Waals surface area contributed by atoms with E-state index >= 15 is 0 Å². The molecule has 0 spiro atoms. The van der Waals surface area contributed by atoms with Gasteiger partial charge in [0.05, 0.1) is 11.5 Å². The SMILES string of the molecule is O=C([O-])c1cc(-c2nccs2)c2oc(N3CC4CCC(C3)N4)nc2c1OC(F)(F)F. The minimum atomic E-state index is -5.12. The van der Waals surface area contributed by atoms with Crippen LogP contribution in [-0.2, 0) is 0 Å². The van der Waals surface area contributed by atoms with Crippen LogP contribution in [0.5, 0.6) is 5.75 Å². The Morgan fingerprint density at radius 1 is 1.33 bits per heavy atom. The number of aromatic carboxylic acids is 1. The second-order valence-electron chi connectivity index (χ2n) is 7.19. The lowest BCUT2D eigenvalue weighted by Gasteiger charge is -2.31. The van der Waals surface area contributed by atoms with Crippen molar-refractivity contribution in [3.05, 3.63) is 23.2 Å². The molecular formula is C18H14F3N4O4S-. The Morgan fingerprint density at radius 2 is 2.07 bits per heavy atom. The molecule has 1 aromatic carbocycles. The van der Waals surface area contributed by atoms with E-state index in [0.29, 0.717) is 18.1 Å². The van der Waals surface area contributed by atoms with Crippen molar-refractivity contribution in [1.82, 2.24) is 15.3 Å². The van der Waals surface area contributed by atoms with Crippen molar-refractivity contribution in [3.63, 3.8) is 0 Å². The smallest absolute Gasteiger partial charge is 0.545 e. The van der Waals surface area contributed by atoms with Gasteiger partial charge in [0.25, 0.3) is 6.01 Å². The Kier molecular flexibility index (Phi) is 4.36.